The van der Waals surface area contributed by atoms with E-state index in [2.05, 4.69) is 17.0 Å². The van der Waals surface area contributed by atoms with Gasteiger partial charge in [-0.05, 0) is 23.6 Å². The third-order valence-corrected chi connectivity index (χ3v) is 4.25. The molecule has 0 saturated carbocycles. The number of benzene rings is 2. The molecule has 0 unspecified atom stereocenters. The minimum Gasteiger partial charge on any atom is -0.458 e. The van der Waals surface area contributed by atoms with E-state index in [4.69, 9.17) is 4.74 Å². The molecule has 0 bridgehead atoms. The summed E-state index contributed by atoms with van der Waals surface area (Å²) in [6, 6.07) is 16.3. The number of likely N-dealkylation sites (tertiary alicyclic amines) is 1. The molecular formula is C20H20N2O4. The van der Waals surface area contributed by atoms with Crippen LogP contribution in [0.15, 0.2) is 60.7 Å². The van der Waals surface area contributed by atoms with Gasteiger partial charge in [0.05, 0.1) is 4.92 Å². The number of nitro groups is 1. The maximum atomic E-state index is 12.0. The van der Waals surface area contributed by atoms with Gasteiger partial charge in [-0.1, -0.05) is 42.5 Å². The van der Waals surface area contributed by atoms with Crippen molar-refractivity contribution in [2.75, 3.05) is 13.1 Å². The topological polar surface area (TPSA) is 72.7 Å². The van der Waals surface area contributed by atoms with Gasteiger partial charge in [0.1, 0.15) is 6.10 Å². The second-order valence-electron chi connectivity index (χ2n) is 6.25. The van der Waals surface area contributed by atoms with Crippen LogP contribution in [0.4, 0.5) is 5.69 Å². The van der Waals surface area contributed by atoms with Crippen LogP contribution in [-0.4, -0.2) is 35.0 Å². The summed E-state index contributed by atoms with van der Waals surface area (Å²) in [5.74, 6) is -0.428. The molecule has 1 saturated heterocycles. The molecule has 0 aliphatic carbocycles. The minimum atomic E-state index is -0.463. The van der Waals surface area contributed by atoms with E-state index < -0.39 is 10.9 Å². The SMILES string of the molecule is O=C(C=Cc1cccc([N+](=O)[O-])c1)O[C@@H]1CCN(Cc2ccccc2)C1. The fourth-order valence-corrected chi connectivity index (χ4v) is 2.99. The predicted octanol–water partition coefficient (Wildman–Crippen LogP) is 3.43. The Morgan fingerprint density at radius 3 is 2.81 bits per heavy atom. The van der Waals surface area contributed by atoms with Gasteiger partial charge >= 0.3 is 5.97 Å². The third-order valence-electron chi connectivity index (χ3n) is 4.25. The number of hydrogen-bond donors (Lipinski definition) is 0. The number of non-ortho nitro benzene ring substituents is 1. The van der Waals surface area contributed by atoms with E-state index in [-0.39, 0.29) is 11.8 Å². The highest BCUT2D eigenvalue weighted by molar-refractivity contribution is 5.87. The average molecular weight is 352 g/mol. The van der Waals surface area contributed by atoms with Gasteiger partial charge in [-0.3, -0.25) is 15.0 Å². The van der Waals surface area contributed by atoms with Crippen molar-refractivity contribution in [1.82, 2.24) is 4.90 Å². The summed E-state index contributed by atoms with van der Waals surface area (Å²) in [5, 5.41) is 10.8. The molecule has 3 rings (SSSR count). The Kier molecular flexibility index (Phi) is 5.76. The zero-order chi connectivity index (χ0) is 18.4. The van der Waals surface area contributed by atoms with Crippen LogP contribution >= 0.6 is 0 Å². The number of hydrogen-bond acceptors (Lipinski definition) is 5. The molecule has 1 aliphatic heterocycles. The molecule has 1 atom stereocenters. The van der Waals surface area contributed by atoms with Crippen LogP contribution < -0.4 is 0 Å². The average Bonchev–Trinajstić information content (AvgIpc) is 3.08. The fraction of sp³-hybridized carbons (Fsp3) is 0.250. The van der Waals surface area contributed by atoms with E-state index >= 15 is 0 Å². The highest BCUT2D eigenvalue weighted by Crippen LogP contribution is 2.17. The van der Waals surface area contributed by atoms with Crippen LogP contribution in [0.2, 0.25) is 0 Å². The van der Waals surface area contributed by atoms with Crippen LogP contribution in [0, 0.1) is 10.1 Å². The highest BCUT2D eigenvalue weighted by Gasteiger charge is 2.24. The molecule has 1 aliphatic rings. The number of nitrogens with zero attached hydrogens (tertiary/aromatic N) is 2. The van der Waals surface area contributed by atoms with Crippen LogP contribution in [0.5, 0.6) is 0 Å². The number of rotatable bonds is 6. The van der Waals surface area contributed by atoms with Crippen molar-refractivity contribution in [2.45, 2.75) is 19.1 Å². The summed E-state index contributed by atoms with van der Waals surface area (Å²) in [6.07, 6.45) is 3.54. The maximum Gasteiger partial charge on any atom is 0.331 e. The van der Waals surface area contributed by atoms with Crippen molar-refractivity contribution in [3.8, 4) is 0 Å². The Balaban J connectivity index is 1.49. The Hall–Kier alpha value is -2.99. The second-order valence-corrected chi connectivity index (χ2v) is 6.25. The van der Waals surface area contributed by atoms with Gasteiger partial charge in [-0.2, -0.15) is 0 Å². The number of carbonyl (C=O) groups excluding carboxylic acids is 1. The lowest BCUT2D eigenvalue weighted by Gasteiger charge is -2.15. The molecule has 26 heavy (non-hydrogen) atoms. The quantitative estimate of drug-likeness (QED) is 0.345. The Morgan fingerprint density at radius 2 is 2.04 bits per heavy atom. The Morgan fingerprint density at radius 1 is 1.23 bits per heavy atom. The lowest BCUT2D eigenvalue weighted by Crippen LogP contribution is -2.24. The first kappa shape index (κ1) is 17.8. The van der Waals surface area contributed by atoms with E-state index in [1.807, 2.05) is 18.2 Å². The molecule has 2 aromatic carbocycles. The molecule has 6 heteroatoms. The second kappa shape index (κ2) is 8.40. The predicted molar refractivity (Wildman–Crippen MR) is 98.3 cm³/mol. The molecule has 0 radical (unpaired) electrons. The first-order valence-corrected chi connectivity index (χ1v) is 8.49. The molecule has 0 spiro atoms. The van der Waals surface area contributed by atoms with Gasteiger partial charge < -0.3 is 4.74 Å². The normalized spacial score (nSPS) is 17.5. The van der Waals surface area contributed by atoms with Crippen molar-refractivity contribution in [2.24, 2.45) is 0 Å². The molecule has 134 valence electrons. The van der Waals surface area contributed by atoms with Crippen molar-refractivity contribution in [3.63, 3.8) is 0 Å². The minimum absolute atomic E-state index is 0.00661. The molecular weight excluding hydrogens is 332 g/mol. The number of nitro benzene ring substituents is 1. The van der Waals surface area contributed by atoms with Gasteiger partial charge in [0.25, 0.3) is 5.69 Å². The zero-order valence-corrected chi connectivity index (χ0v) is 14.3. The van der Waals surface area contributed by atoms with Crippen molar-refractivity contribution >= 4 is 17.7 Å². The van der Waals surface area contributed by atoms with E-state index in [1.165, 1.54) is 29.8 Å². The van der Waals surface area contributed by atoms with E-state index in [0.29, 0.717) is 12.1 Å². The Bertz CT molecular complexity index is 804. The van der Waals surface area contributed by atoms with Gasteiger partial charge in [-0.25, -0.2) is 4.79 Å². The van der Waals surface area contributed by atoms with Crippen LogP contribution in [0.1, 0.15) is 17.5 Å². The summed E-state index contributed by atoms with van der Waals surface area (Å²) in [4.78, 5) is 24.6. The van der Waals surface area contributed by atoms with Crippen LogP contribution in [0.3, 0.4) is 0 Å². The first-order valence-electron chi connectivity index (χ1n) is 8.49. The van der Waals surface area contributed by atoms with Crippen molar-refractivity contribution < 1.29 is 14.5 Å². The van der Waals surface area contributed by atoms with Gasteiger partial charge in [0.2, 0.25) is 0 Å². The molecule has 2 aromatic rings. The number of ether oxygens (including phenoxy) is 1. The van der Waals surface area contributed by atoms with E-state index in [1.54, 1.807) is 12.1 Å². The molecule has 1 fully saturated rings. The smallest absolute Gasteiger partial charge is 0.331 e. The summed E-state index contributed by atoms with van der Waals surface area (Å²) in [5.41, 5.74) is 1.83. The lowest BCUT2D eigenvalue weighted by atomic mass is 10.2. The maximum absolute atomic E-state index is 12.0. The first-order chi connectivity index (χ1) is 12.6. The van der Waals surface area contributed by atoms with Crippen molar-refractivity contribution in [3.05, 3.63) is 81.9 Å². The number of esters is 1. The monoisotopic (exact) mass is 352 g/mol. The summed E-state index contributed by atoms with van der Waals surface area (Å²) in [7, 11) is 0. The highest BCUT2D eigenvalue weighted by atomic mass is 16.6. The van der Waals surface area contributed by atoms with Crippen LogP contribution in [-0.2, 0) is 16.1 Å². The van der Waals surface area contributed by atoms with Gasteiger partial charge in [0, 0.05) is 37.8 Å². The lowest BCUT2D eigenvalue weighted by molar-refractivity contribution is -0.384. The molecule has 0 N–H and O–H groups in total. The molecule has 0 amide bonds. The van der Waals surface area contributed by atoms with E-state index in [9.17, 15) is 14.9 Å². The zero-order valence-electron chi connectivity index (χ0n) is 14.3. The summed E-state index contributed by atoms with van der Waals surface area (Å²) < 4.78 is 5.48. The third kappa shape index (κ3) is 5.00. The van der Waals surface area contributed by atoms with Crippen molar-refractivity contribution in [1.29, 1.82) is 0 Å². The largest absolute Gasteiger partial charge is 0.458 e. The van der Waals surface area contributed by atoms with Gasteiger partial charge in [-0.15, -0.1) is 0 Å². The van der Waals surface area contributed by atoms with Gasteiger partial charge in [0.15, 0.2) is 0 Å². The fourth-order valence-electron chi connectivity index (χ4n) is 2.99. The molecule has 6 nitrogen and oxygen atoms in total. The summed E-state index contributed by atoms with van der Waals surface area (Å²) in [6.45, 7) is 2.45. The molecule has 0 aromatic heterocycles. The summed E-state index contributed by atoms with van der Waals surface area (Å²) >= 11 is 0. The van der Waals surface area contributed by atoms with Crippen LogP contribution in [0.25, 0.3) is 6.08 Å². The standard InChI is InChI=1S/C20H20N2O4/c23-20(10-9-16-7-4-8-18(13-16)22(24)25)26-19-11-12-21(15-19)14-17-5-2-1-3-6-17/h1-10,13,19H,11-12,14-15H2/t19-/m1/s1. The Labute approximate surface area is 151 Å². The van der Waals surface area contributed by atoms with E-state index in [0.717, 1.165) is 19.5 Å². The number of carbonyl (C=O) groups is 1. The molecule has 1 heterocycles.